The molecule has 2 aliphatic heterocycles. The van der Waals surface area contributed by atoms with E-state index in [4.69, 9.17) is 10.5 Å². The van der Waals surface area contributed by atoms with Gasteiger partial charge in [0, 0.05) is 61.3 Å². The predicted molar refractivity (Wildman–Crippen MR) is 198 cm³/mol. The number of carbonyl (C=O) groups is 2. The molecule has 0 amide bonds. The van der Waals surface area contributed by atoms with Crippen molar-refractivity contribution < 1.29 is 27.5 Å². The number of alkyl halides is 3. The fraction of sp³-hybridized carbons (Fsp3) is 0.615. The summed E-state index contributed by atoms with van der Waals surface area (Å²) in [5.41, 5.74) is 12.8. The highest BCUT2D eigenvalue weighted by molar-refractivity contribution is 5.93. The second-order valence-electron chi connectivity index (χ2n) is 14.6. The maximum absolute atomic E-state index is 14.1. The minimum Gasteiger partial charge on any atom is -0.467 e. The number of rotatable bonds is 12. The van der Waals surface area contributed by atoms with Gasteiger partial charge in [-0.25, -0.2) is 5.01 Å². The van der Waals surface area contributed by atoms with Crippen molar-refractivity contribution in [2.45, 2.75) is 104 Å². The number of aldehydes is 1. The van der Waals surface area contributed by atoms with Crippen molar-refractivity contribution in [2.24, 2.45) is 11.1 Å². The normalized spacial score (nSPS) is 18.0. The third kappa shape index (κ3) is 12.1. The van der Waals surface area contributed by atoms with Gasteiger partial charge < -0.3 is 24.7 Å². The molecular formula is C39H59F3N6O3. The minimum atomic E-state index is -4.45. The number of nitrogens with zero attached hydrogens (tertiary/aromatic N) is 4. The molecule has 3 N–H and O–H groups in total. The Balaban J connectivity index is 0.000000686. The number of nitrogens with two attached hydrogens (primary N) is 1. The summed E-state index contributed by atoms with van der Waals surface area (Å²) >= 11 is 0. The molecule has 5 rings (SSSR count). The zero-order chi connectivity index (χ0) is 37.8. The van der Waals surface area contributed by atoms with E-state index in [1.54, 1.807) is 18.3 Å². The first-order chi connectivity index (χ1) is 24.2. The van der Waals surface area contributed by atoms with E-state index in [1.807, 2.05) is 59.7 Å². The molecular weight excluding hydrogens is 657 g/mol. The van der Waals surface area contributed by atoms with Crippen LogP contribution in [0.5, 0.6) is 0 Å². The van der Waals surface area contributed by atoms with Crippen LogP contribution in [0.25, 0.3) is 22.2 Å². The van der Waals surface area contributed by atoms with Crippen molar-refractivity contribution in [3.63, 3.8) is 0 Å². The van der Waals surface area contributed by atoms with Crippen LogP contribution in [0, 0.1) is 5.41 Å². The van der Waals surface area contributed by atoms with Crippen molar-refractivity contribution in [3.05, 3.63) is 53.3 Å². The summed E-state index contributed by atoms with van der Waals surface area (Å²) in [4.78, 5) is 28.9. The molecule has 0 bridgehead atoms. The fourth-order valence-corrected chi connectivity index (χ4v) is 7.05. The largest absolute Gasteiger partial charge is 0.467 e. The number of fused-ring (bicyclic) bond motifs is 1. The van der Waals surface area contributed by atoms with Crippen molar-refractivity contribution >= 4 is 23.7 Å². The number of halogens is 3. The number of likely N-dealkylation sites (tertiary alicyclic amines) is 1. The molecule has 2 fully saturated rings. The smallest absolute Gasteiger partial charge is 0.406 e. The van der Waals surface area contributed by atoms with Crippen molar-refractivity contribution in [1.29, 1.82) is 0 Å². The van der Waals surface area contributed by atoms with Gasteiger partial charge in [0.1, 0.15) is 12.8 Å². The first-order valence-corrected chi connectivity index (χ1v) is 18.3. The van der Waals surface area contributed by atoms with Gasteiger partial charge in [-0.05, 0) is 85.9 Å². The van der Waals surface area contributed by atoms with E-state index in [-0.39, 0.29) is 18.4 Å². The van der Waals surface area contributed by atoms with Crippen LogP contribution in [-0.4, -0.2) is 90.8 Å². The molecule has 0 spiro atoms. The van der Waals surface area contributed by atoms with Crippen LogP contribution >= 0.6 is 0 Å². The number of piperidine rings is 1. The summed E-state index contributed by atoms with van der Waals surface area (Å²) in [6.07, 6.45) is 2.92. The fourth-order valence-electron chi connectivity index (χ4n) is 7.05. The molecule has 9 nitrogen and oxygen atoms in total. The van der Waals surface area contributed by atoms with Gasteiger partial charge in [0.05, 0.1) is 24.0 Å². The van der Waals surface area contributed by atoms with E-state index in [9.17, 15) is 22.8 Å². The summed E-state index contributed by atoms with van der Waals surface area (Å²) in [5.74, 6) is 0.139. The lowest BCUT2D eigenvalue weighted by molar-refractivity contribution is -0.139. The third-order valence-electron chi connectivity index (χ3n) is 9.29. The first kappa shape index (κ1) is 42.1. The number of aromatic nitrogens is 2. The van der Waals surface area contributed by atoms with Crippen LogP contribution < -0.4 is 11.2 Å². The predicted octanol–water partition coefficient (Wildman–Crippen LogP) is 7.08. The number of ether oxygens (including phenoxy) is 1. The number of pyridine rings is 1. The molecule has 0 aliphatic carbocycles. The van der Waals surface area contributed by atoms with Crippen LogP contribution in [0.3, 0.4) is 0 Å². The van der Waals surface area contributed by atoms with Gasteiger partial charge in [0.2, 0.25) is 0 Å². The average molecular weight is 717 g/mol. The summed E-state index contributed by atoms with van der Waals surface area (Å²) in [7, 11) is 2.08. The van der Waals surface area contributed by atoms with Crippen LogP contribution in [0.15, 0.2) is 36.5 Å². The standard InChI is InChI=1S/C32H41F3N4O3.C5H12N2.C2H6/c1-21(2)29-25(8-5-11-37-29)30-27(14-31(3,4)19-42-20-41)26-13-22(9-10-28(26)39(30)18-32(33,34)35)23-7-6-12-38(15-23)16-24(36)17-40;1-7-5-3-2-4-6-7;1-2/h5,8-11,13,17,20-21,23-24H,6-7,12,14-16,18-19,36H2,1-4H3;6H,2-5H2,1H3;1-2H3. The lowest BCUT2D eigenvalue weighted by Crippen LogP contribution is -2.43. The summed E-state index contributed by atoms with van der Waals surface area (Å²) in [6, 6.07) is 8.83. The first-order valence-electron chi connectivity index (χ1n) is 18.3. The number of hydrogen-bond donors (Lipinski definition) is 2. The zero-order valence-electron chi connectivity index (χ0n) is 31.6. The molecule has 3 aromatic rings. The summed E-state index contributed by atoms with van der Waals surface area (Å²) in [6.45, 7) is 15.6. The molecule has 2 saturated heterocycles. The Morgan fingerprint density at radius 2 is 1.84 bits per heavy atom. The van der Waals surface area contributed by atoms with Gasteiger partial charge in [-0.3, -0.25) is 15.2 Å². The van der Waals surface area contributed by atoms with E-state index >= 15 is 0 Å². The maximum Gasteiger partial charge on any atom is 0.406 e. The van der Waals surface area contributed by atoms with E-state index in [1.165, 1.54) is 24.0 Å². The molecule has 1 aromatic carbocycles. The number of hydrogen-bond acceptors (Lipinski definition) is 8. The highest BCUT2D eigenvalue weighted by Crippen LogP contribution is 2.43. The Morgan fingerprint density at radius 1 is 1.10 bits per heavy atom. The monoisotopic (exact) mass is 716 g/mol. The average Bonchev–Trinajstić information content (AvgIpc) is 3.38. The van der Waals surface area contributed by atoms with Gasteiger partial charge in [0.25, 0.3) is 6.47 Å². The Kier molecular flexibility index (Phi) is 16.1. The maximum atomic E-state index is 14.1. The molecule has 0 radical (unpaired) electrons. The summed E-state index contributed by atoms with van der Waals surface area (Å²) in [5, 5.41) is 2.90. The Morgan fingerprint density at radius 3 is 2.43 bits per heavy atom. The second-order valence-corrected chi connectivity index (χ2v) is 14.6. The second kappa shape index (κ2) is 19.5. The Hall–Kier alpha value is -3.32. The van der Waals surface area contributed by atoms with Crippen LogP contribution in [0.2, 0.25) is 0 Å². The molecule has 4 heterocycles. The lowest BCUT2D eigenvalue weighted by Gasteiger charge is -2.33. The van der Waals surface area contributed by atoms with Crippen molar-refractivity contribution in [3.8, 4) is 11.3 Å². The zero-order valence-corrected chi connectivity index (χ0v) is 31.6. The molecule has 51 heavy (non-hydrogen) atoms. The molecule has 2 atom stereocenters. The van der Waals surface area contributed by atoms with E-state index in [0.717, 1.165) is 61.0 Å². The van der Waals surface area contributed by atoms with Crippen LogP contribution in [0.4, 0.5) is 13.2 Å². The molecule has 2 unspecified atom stereocenters. The van der Waals surface area contributed by atoms with Crippen molar-refractivity contribution in [1.82, 2.24) is 24.9 Å². The van der Waals surface area contributed by atoms with Gasteiger partial charge in [-0.1, -0.05) is 47.6 Å². The lowest BCUT2D eigenvalue weighted by atomic mass is 9.83. The highest BCUT2D eigenvalue weighted by Gasteiger charge is 2.34. The molecule has 12 heteroatoms. The van der Waals surface area contributed by atoms with E-state index < -0.39 is 24.2 Å². The van der Waals surface area contributed by atoms with Gasteiger partial charge in [-0.2, -0.15) is 13.2 Å². The number of benzene rings is 1. The number of nitrogens with one attached hydrogen (secondary N) is 1. The van der Waals surface area contributed by atoms with Crippen LogP contribution in [-0.2, 0) is 27.3 Å². The molecule has 284 valence electrons. The molecule has 0 saturated carbocycles. The number of hydrazine groups is 1. The SMILES string of the molecule is CC.CC(C)c1ncccc1-c1c(CC(C)(C)COC=O)c2cc(C3CCCN(CC(N)C=O)C3)ccc2n1CC(F)(F)F.CN1CCCCN1. The van der Waals surface area contributed by atoms with Gasteiger partial charge in [-0.15, -0.1) is 0 Å². The summed E-state index contributed by atoms with van der Waals surface area (Å²) < 4.78 is 49.0. The van der Waals surface area contributed by atoms with Crippen LogP contribution in [0.1, 0.15) is 95.9 Å². The Labute approximate surface area is 302 Å². The highest BCUT2D eigenvalue weighted by atomic mass is 19.4. The molecule has 2 aromatic heterocycles. The molecule has 2 aliphatic rings. The van der Waals surface area contributed by atoms with E-state index in [2.05, 4.69) is 27.4 Å². The third-order valence-corrected chi connectivity index (χ3v) is 9.29. The van der Waals surface area contributed by atoms with E-state index in [0.29, 0.717) is 36.2 Å². The minimum absolute atomic E-state index is 0.0145. The Bertz CT molecular complexity index is 1530. The van der Waals surface area contributed by atoms with Gasteiger partial charge >= 0.3 is 6.18 Å². The quantitative estimate of drug-likeness (QED) is 0.192. The number of carbonyl (C=O) groups excluding carboxylic acids is 2. The van der Waals surface area contributed by atoms with Gasteiger partial charge in [0.15, 0.2) is 0 Å². The topological polar surface area (TPSA) is 106 Å². The van der Waals surface area contributed by atoms with Crippen molar-refractivity contribution in [2.75, 3.05) is 46.4 Å².